The van der Waals surface area contributed by atoms with Crippen LogP contribution >= 0.6 is 0 Å². The van der Waals surface area contributed by atoms with Crippen molar-refractivity contribution in [2.45, 2.75) is 168 Å². The first-order valence-electron chi connectivity index (χ1n) is 46.2. The van der Waals surface area contributed by atoms with E-state index >= 15 is 0 Å². The van der Waals surface area contributed by atoms with Crippen LogP contribution in [0.25, 0.3) is 73.3 Å². The number of aryl methyl sites for hydroxylation is 1. The number of rotatable bonds is 10. The van der Waals surface area contributed by atoms with Crippen LogP contribution in [0.5, 0.6) is 0 Å². The molecule has 8 heterocycles. The number of benzene rings is 9. The van der Waals surface area contributed by atoms with E-state index in [0.717, 1.165) is 207 Å². The highest BCUT2D eigenvalue weighted by atomic mass is 32.2. The number of hydrogen-bond acceptors (Lipinski definition) is 12. The molecule has 4 saturated carbocycles. The summed E-state index contributed by atoms with van der Waals surface area (Å²) < 4.78 is 174. The first-order chi connectivity index (χ1) is 63.6. The minimum atomic E-state index is -3.51. The van der Waals surface area contributed by atoms with Crippen LogP contribution in [-0.2, 0) is 104 Å². The van der Waals surface area contributed by atoms with Crippen LogP contribution in [0.1, 0.15) is 134 Å². The van der Waals surface area contributed by atoms with E-state index in [1.807, 2.05) is 74.4 Å². The Labute approximate surface area is 767 Å². The van der Waals surface area contributed by atoms with Crippen molar-refractivity contribution >= 4 is 40.1 Å². The molecular weight excluding hydrogens is 1750 g/mol. The van der Waals surface area contributed by atoms with Crippen molar-refractivity contribution in [1.82, 2.24) is 57.3 Å². The molecule has 13 aromatic rings. The Balaban J connectivity index is 0.000000103. The highest BCUT2D eigenvalue weighted by Crippen LogP contribution is 2.59. The van der Waals surface area contributed by atoms with E-state index in [1.54, 1.807) is 73.6 Å². The van der Waals surface area contributed by atoms with Gasteiger partial charge in [-0.2, -0.15) is 9.82 Å². The smallest absolute Gasteiger partial charge is 0.241 e. The molecule has 4 N–H and O–H groups in total. The molecule has 6 fully saturated rings. The van der Waals surface area contributed by atoms with Crippen molar-refractivity contribution in [3.63, 3.8) is 0 Å². The molecular formula is C104H102F4N12O8S4. The summed E-state index contributed by atoms with van der Waals surface area (Å²) >= 11 is 0. The molecule has 13 atom stereocenters. The predicted octanol–water partition coefficient (Wildman–Crippen LogP) is 18.1. The quantitative estimate of drug-likeness (QED) is 0.0933. The molecule has 8 aliphatic carbocycles. The molecule has 0 radical (unpaired) electrons. The fourth-order valence-electron chi connectivity index (χ4n) is 25.3. The summed E-state index contributed by atoms with van der Waals surface area (Å²) in [7, 11) is -11.3. The van der Waals surface area contributed by atoms with Gasteiger partial charge in [0.1, 0.15) is 23.3 Å². The van der Waals surface area contributed by atoms with Gasteiger partial charge in [-0.1, -0.05) is 86.2 Å². The normalized spacial score (nSPS) is 27.8. The lowest BCUT2D eigenvalue weighted by atomic mass is 9.74. The zero-order valence-electron chi connectivity index (χ0n) is 73.2. The van der Waals surface area contributed by atoms with Crippen molar-refractivity contribution in [3.8, 4) is 73.3 Å². The lowest BCUT2D eigenvalue weighted by molar-refractivity contribution is 0.223. The SMILES string of the molecule is CCCC1C[C@]2(NS1(=O)=O)C1CC[C@H]2Cc2ccc(-c3cn(-c4ccc(F)cc4)cn3)cc2C1.Cn1nc(-c2ccc3c(c2)CC2CC[C@@H](C3)[C@@]23NS(=O)(=O)c2ccccc23)cc1-c1ccc(F)cc1.O=S1(=O)C=C[C@]2(N1)C1CC[C@H]2Cc2ccc(-c3cn(-c4ccc(F)cc4)cn3)cc2C1.O=S1(=O)CC[C@]2(N1)C1CC[C@H]2Cc2ccc(-c3cn(-c4ccc(F)cc4)cn3)cc2C1. The fourth-order valence-corrected chi connectivity index (χ4v) is 32.3. The Morgan fingerprint density at radius 1 is 0.402 bits per heavy atom. The van der Waals surface area contributed by atoms with Crippen LogP contribution in [0, 0.1) is 70.6 Å². The second kappa shape index (κ2) is 32.9. The van der Waals surface area contributed by atoms with Gasteiger partial charge in [0.2, 0.25) is 40.1 Å². The average Bonchev–Trinajstić information content (AvgIpc) is 1.54. The van der Waals surface area contributed by atoms with Crippen LogP contribution in [0.15, 0.2) is 254 Å². The maximum absolute atomic E-state index is 13.4. The Kier molecular flexibility index (Phi) is 21.5. The molecule has 2 saturated heterocycles. The van der Waals surface area contributed by atoms with Gasteiger partial charge in [0, 0.05) is 81.4 Å². The molecule has 5 unspecified atom stereocenters. The summed E-state index contributed by atoms with van der Waals surface area (Å²) in [5.41, 5.74) is 22.0. The number of sulfonamides is 4. The summed E-state index contributed by atoms with van der Waals surface area (Å²) in [4.78, 5) is 14.2. The average molecular weight is 1850 g/mol. The van der Waals surface area contributed by atoms with Crippen LogP contribution in [0.4, 0.5) is 17.6 Å². The van der Waals surface area contributed by atoms with Crippen molar-refractivity contribution in [2.24, 2.45) is 54.4 Å². The third kappa shape index (κ3) is 15.5. The Bertz CT molecular complexity index is 7250. The largest absolute Gasteiger partial charge is 0.306 e. The van der Waals surface area contributed by atoms with Gasteiger partial charge < -0.3 is 13.7 Å². The second-order valence-electron chi connectivity index (χ2n) is 38.8. The number of halogens is 4. The number of aromatic nitrogens is 8. The lowest BCUT2D eigenvalue weighted by Crippen LogP contribution is -2.50. The predicted molar refractivity (Wildman–Crippen MR) is 500 cm³/mol. The summed E-state index contributed by atoms with van der Waals surface area (Å²) in [5, 5.41) is 5.84. The van der Waals surface area contributed by atoms with Crippen LogP contribution in [0.2, 0.25) is 0 Å². The summed E-state index contributed by atoms with van der Waals surface area (Å²) in [5.74, 6) is 1.62. The van der Waals surface area contributed by atoms with Crippen LogP contribution < -0.4 is 18.9 Å². The van der Waals surface area contributed by atoms with Crippen molar-refractivity contribution in [1.29, 1.82) is 0 Å². The number of nitrogens with one attached hydrogen (secondary N) is 4. The van der Waals surface area contributed by atoms with E-state index in [9.17, 15) is 51.2 Å². The van der Waals surface area contributed by atoms with Crippen molar-refractivity contribution in [3.05, 3.63) is 323 Å². The van der Waals surface area contributed by atoms with Gasteiger partial charge in [0.05, 0.1) is 74.4 Å². The molecule has 20 nitrogen and oxygen atoms in total. The Morgan fingerprint density at radius 3 is 1.23 bits per heavy atom. The second-order valence-corrected chi connectivity index (χ2v) is 45.8. The van der Waals surface area contributed by atoms with Crippen LogP contribution in [0.3, 0.4) is 0 Å². The molecule has 25 rings (SSSR count). The van der Waals surface area contributed by atoms with E-state index in [0.29, 0.717) is 28.6 Å². The van der Waals surface area contributed by atoms with E-state index in [4.69, 9.17) is 5.10 Å². The maximum atomic E-state index is 13.4. The Morgan fingerprint density at radius 2 is 0.788 bits per heavy atom. The molecule has 4 aliphatic heterocycles. The van der Waals surface area contributed by atoms with E-state index in [-0.39, 0.29) is 69.0 Å². The van der Waals surface area contributed by atoms with E-state index < -0.39 is 51.2 Å². The van der Waals surface area contributed by atoms with Gasteiger partial charge in [-0.3, -0.25) is 4.68 Å². The molecule has 4 spiro atoms. The topological polar surface area (TPSA) is 256 Å². The first-order valence-corrected chi connectivity index (χ1v) is 52.4. The lowest BCUT2D eigenvalue weighted by Gasteiger charge is -2.35. The standard InChI is InChI=1S/C29H26FN3O2S.C27H30FN3O2S.C24H24FN3O2S.C24H22FN3O2S/c1-33-27(18-8-12-24(30)13-9-18)17-26(31-33)20-7-6-19-15-22-10-11-23(16-21(19)14-20)29(22)25-4-2-3-5-28(25)36(34,35)32-29;1-2-3-25-15-27(30-34(25,32)33)21-6-7-22(27)14-20-12-19(5-4-18(20)13-21)26-16-31(17-29-26)24-10-8-23(28)9-11-24;2*25-21-5-7-22(8-6-21)28-14-23(26-15-28)17-2-1-16-12-19-3-4-20(13-18(16)11-17)24(19)9-10-31(29,30)27-24/h2-9,12-14,17,22-23,32H,10-11,15-16H2,1H3;4-5,8-12,16-17,21-22,25,30H,2-3,6-7,13-15H2,1H3;1-2,5-8,11,14-15,19-20,27H,3-4,9-10,12-13H2;1-2,5-11,14-15,19-20,27H,3-4,12-13H2/t22-,23?,29+;21-,22?,25?,27+;2*19-,20?,24+/m0000/s1. The maximum Gasteiger partial charge on any atom is 0.241 e. The molecule has 0 amide bonds. The van der Waals surface area contributed by atoms with Gasteiger partial charge in [-0.05, 0) is 358 Å². The highest BCUT2D eigenvalue weighted by Gasteiger charge is 2.62. The minimum absolute atomic E-state index is 0.205. The van der Waals surface area contributed by atoms with Gasteiger partial charge in [-0.25, -0.2) is 80.4 Å². The number of nitrogens with zero attached hydrogens (tertiary/aromatic N) is 8. The molecule has 132 heavy (non-hydrogen) atoms. The highest BCUT2D eigenvalue weighted by molar-refractivity contribution is 7.92. The fraction of sp³-hybridized carbons (Fsp3) is 0.346. The van der Waals surface area contributed by atoms with E-state index in [1.165, 1.54) is 98.4 Å². The minimum Gasteiger partial charge on any atom is -0.306 e. The third-order valence-electron chi connectivity index (χ3n) is 31.7. The molecule has 678 valence electrons. The zero-order chi connectivity index (χ0) is 90.6. The summed E-state index contributed by atoms with van der Waals surface area (Å²) in [6, 6.07) is 61.2. The summed E-state index contributed by atoms with van der Waals surface area (Å²) in [6.07, 6.45) is 31.7. The molecule has 4 aromatic heterocycles. The Hall–Kier alpha value is -11.1. The monoisotopic (exact) mass is 1850 g/mol. The zero-order valence-corrected chi connectivity index (χ0v) is 76.5. The van der Waals surface area contributed by atoms with Crippen molar-refractivity contribution < 1.29 is 51.2 Å². The number of hydrogen-bond donors (Lipinski definition) is 4. The summed E-state index contributed by atoms with van der Waals surface area (Å²) in [6.45, 7) is 2.07. The van der Waals surface area contributed by atoms with Gasteiger partial charge >= 0.3 is 0 Å². The third-order valence-corrected chi connectivity index (χ3v) is 37.8. The number of fused-ring (bicyclic) bond motifs is 5. The van der Waals surface area contributed by atoms with Crippen LogP contribution in [-0.4, -0.2) is 99.7 Å². The van der Waals surface area contributed by atoms with Gasteiger partial charge in [0.25, 0.3) is 0 Å². The van der Waals surface area contributed by atoms with Gasteiger partial charge in [-0.15, -0.1) is 0 Å². The molecule has 12 aliphatic rings. The number of imidazole rings is 3. The van der Waals surface area contributed by atoms with E-state index in [2.05, 4.69) is 114 Å². The molecule has 8 bridgehead atoms. The molecule has 9 aromatic carbocycles. The first kappa shape index (κ1) is 86.3. The molecule has 28 heteroatoms. The van der Waals surface area contributed by atoms with Gasteiger partial charge in [0.15, 0.2) is 0 Å². The van der Waals surface area contributed by atoms with Crippen molar-refractivity contribution in [2.75, 3.05) is 5.75 Å².